The molecule has 2 unspecified atom stereocenters. The summed E-state index contributed by atoms with van der Waals surface area (Å²) in [6.07, 6.45) is -0.0467. The fourth-order valence-electron chi connectivity index (χ4n) is 2.40. The molecule has 2 atom stereocenters. The predicted octanol–water partition coefficient (Wildman–Crippen LogP) is 1.99. The minimum atomic E-state index is -2.92. The highest BCUT2D eigenvalue weighted by Crippen LogP contribution is 2.33. The highest BCUT2D eigenvalue weighted by atomic mass is 19.3. The molecule has 0 radical (unpaired) electrons. The van der Waals surface area contributed by atoms with Crippen LogP contribution in [0.3, 0.4) is 0 Å². The number of hydrogen-bond acceptors (Lipinski definition) is 3. The van der Waals surface area contributed by atoms with Gasteiger partial charge in [-0.15, -0.1) is 0 Å². The topological polar surface area (TPSA) is 75.3 Å². The SMILES string of the molecule is O=C(O)c1cnn(C2CCCCC2O)c1C(F)F. The van der Waals surface area contributed by atoms with Crippen LogP contribution in [0.2, 0.25) is 0 Å². The van der Waals surface area contributed by atoms with Gasteiger partial charge in [-0.1, -0.05) is 12.8 Å². The molecule has 1 aliphatic rings. The molecule has 5 nitrogen and oxygen atoms in total. The van der Waals surface area contributed by atoms with E-state index >= 15 is 0 Å². The molecule has 1 saturated carbocycles. The van der Waals surface area contributed by atoms with Crippen molar-refractivity contribution in [1.29, 1.82) is 0 Å². The van der Waals surface area contributed by atoms with Crippen molar-refractivity contribution in [3.05, 3.63) is 17.5 Å². The van der Waals surface area contributed by atoms with Crippen LogP contribution in [0.15, 0.2) is 6.20 Å². The van der Waals surface area contributed by atoms with Gasteiger partial charge in [0.2, 0.25) is 0 Å². The number of aromatic nitrogens is 2. The lowest BCUT2D eigenvalue weighted by Gasteiger charge is -2.29. The van der Waals surface area contributed by atoms with Crippen molar-refractivity contribution in [3.8, 4) is 0 Å². The van der Waals surface area contributed by atoms with Gasteiger partial charge in [-0.2, -0.15) is 5.10 Å². The van der Waals surface area contributed by atoms with Crippen molar-refractivity contribution < 1.29 is 23.8 Å². The number of aliphatic hydroxyl groups excluding tert-OH is 1. The predicted molar refractivity (Wildman–Crippen MR) is 57.7 cm³/mol. The van der Waals surface area contributed by atoms with E-state index in [0.717, 1.165) is 23.7 Å². The highest BCUT2D eigenvalue weighted by Gasteiger charge is 2.32. The maximum atomic E-state index is 13.0. The Labute approximate surface area is 102 Å². The minimum Gasteiger partial charge on any atom is -0.478 e. The molecular formula is C11H14F2N2O3. The van der Waals surface area contributed by atoms with E-state index in [1.54, 1.807) is 0 Å². The normalized spacial score (nSPS) is 24.4. The Hall–Kier alpha value is -1.50. The van der Waals surface area contributed by atoms with Gasteiger partial charge in [0.15, 0.2) is 0 Å². The van der Waals surface area contributed by atoms with Crippen molar-refractivity contribution >= 4 is 5.97 Å². The van der Waals surface area contributed by atoms with Gasteiger partial charge in [0.25, 0.3) is 6.43 Å². The Kier molecular flexibility index (Phi) is 3.60. The van der Waals surface area contributed by atoms with E-state index in [2.05, 4.69) is 5.10 Å². The van der Waals surface area contributed by atoms with Crippen LogP contribution >= 0.6 is 0 Å². The van der Waals surface area contributed by atoms with E-state index in [9.17, 15) is 18.7 Å². The zero-order chi connectivity index (χ0) is 13.3. The van der Waals surface area contributed by atoms with E-state index in [0.29, 0.717) is 12.8 Å². The fraction of sp³-hybridized carbons (Fsp3) is 0.636. The Morgan fingerprint density at radius 2 is 2.11 bits per heavy atom. The van der Waals surface area contributed by atoms with Crippen molar-refractivity contribution in [2.45, 2.75) is 44.3 Å². The number of carboxylic acids is 1. The molecule has 1 fully saturated rings. The third kappa shape index (κ3) is 2.22. The van der Waals surface area contributed by atoms with Crippen LogP contribution in [0.1, 0.15) is 54.2 Å². The van der Waals surface area contributed by atoms with Crippen molar-refractivity contribution in [1.82, 2.24) is 9.78 Å². The molecule has 100 valence electrons. The highest BCUT2D eigenvalue weighted by molar-refractivity contribution is 5.88. The molecule has 1 aromatic rings. The first-order valence-electron chi connectivity index (χ1n) is 5.79. The summed E-state index contributed by atoms with van der Waals surface area (Å²) in [6.45, 7) is 0. The molecule has 2 N–H and O–H groups in total. The third-order valence-corrected chi connectivity index (χ3v) is 3.28. The fourth-order valence-corrected chi connectivity index (χ4v) is 2.40. The lowest BCUT2D eigenvalue weighted by molar-refractivity contribution is 0.0559. The molecule has 7 heteroatoms. The summed E-state index contributed by atoms with van der Waals surface area (Å²) in [7, 11) is 0. The Bertz CT molecular complexity index is 447. The van der Waals surface area contributed by atoms with Crippen LogP contribution in [0.4, 0.5) is 8.78 Å². The number of aliphatic hydroxyl groups is 1. The van der Waals surface area contributed by atoms with Gasteiger partial charge in [-0.3, -0.25) is 4.68 Å². The molecule has 2 rings (SSSR count). The Balaban J connectivity index is 2.40. The van der Waals surface area contributed by atoms with E-state index < -0.39 is 35.8 Å². The van der Waals surface area contributed by atoms with Crippen LogP contribution in [0.5, 0.6) is 0 Å². The lowest BCUT2D eigenvalue weighted by Crippen LogP contribution is -2.29. The second-order valence-corrected chi connectivity index (χ2v) is 4.41. The largest absolute Gasteiger partial charge is 0.478 e. The summed E-state index contributed by atoms with van der Waals surface area (Å²) in [4.78, 5) is 10.9. The van der Waals surface area contributed by atoms with Crippen LogP contribution in [-0.4, -0.2) is 32.1 Å². The van der Waals surface area contributed by atoms with Crippen molar-refractivity contribution in [3.63, 3.8) is 0 Å². The van der Waals surface area contributed by atoms with E-state index in [1.165, 1.54) is 0 Å². The third-order valence-electron chi connectivity index (χ3n) is 3.28. The van der Waals surface area contributed by atoms with Gasteiger partial charge in [0, 0.05) is 0 Å². The first-order chi connectivity index (χ1) is 8.52. The monoisotopic (exact) mass is 260 g/mol. The summed E-state index contributed by atoms with van der Waals surface area (Å²) >= 11 is 0. The summed E-state index contributed by atoms with van der Waals surface area (Å²) in [5, 5.41) is 22.4. The van der Waals surface area contributed by atoms with E-state index in [-0.39, 0.29) is 0 Å². The average Bonchev–Trinajstić information content (AvgIpc) is 2.74. The van der Waals surface area contributed by atoms with E-state index in [1.807, 2.05) is 0 Å². The molecule has 0 aromatic carbocycles. The lowest BCUT2D eigenvalue weighted by atomic mass is 9.92. The van der Waals surface area contributed by atoms with Gasteiger partial charge < -0.3 is 10.2 Å². The second-order valence-electron chi connectivity index (χ2n) is 4.41. The number of aromatic carboxylic acids is 1. The summed E-state index contributed by atoms with van der Waals surface area (Å²) in [5.41, 5.74) is -1.11. The molecule has 1 heterocycles. The standard InChI is InChI=1S/C11H14F2N2O3/c12-10(13)9-6(11(17)18)5-14-15(9)7-3-1-2-4-8(7)16/h5,7-8,10,16H,1-4H2,(H,17,18). The number of hydrogen-bond donors (Lipinski definition) is 2. The molecule has 1 aliphatic carbocycles. The van der Waals surface area contributed by atoms with E-state index in [4.69, 9.17) is 5.11 Å². The maximum Gasteiger partial charge on any atom is 0.339 e. The van der Waals surface area contributed by atoms with Crippen LogP contribution in [0, 0.1) is 0 Å². The average molecular weight is 260 g/mol. The first-order valence-corrected chi connectivity index (χ1v) is 5.79. The van der Waals surface area contributed by atoms with Gasteiger partial charge in [-0.25, -0.2) is 13.6 Å². The molecule has 18 heavy (non-hydrogen) atoms. The van der Waals surface area contributed by atoms with Crippen molar-refractivity contribution in [2.75, 3.05) is 0 Å². The molecule has 0 spiro atoms. The number of halogens is 2. The molecule has 0 aliphatic heterocycles. The number of rotatable bonds is 3. The zero-order valence-corrected chi connectivity index (χ0v) is 9.59. The van der Waals surface area contributed by atoms with Crippen LogP contribution in [0.25, 0.3) is 0 Å². The maximum absolute atomic E-state index is 13.0. The molecule has 0 saturated heterocycles. The number of carbonyl (C=O) groups is 1. The number of alkyl halides is 2. The molecule has 1 aromatic heterocycles. The van der Waals surface area contributed by atoms with Gasteiger partial charge >= 0.3 is 5.97 Å². The molecule has 0 amide bonds. The first kappa shape index (κ1) is 12.9. The second kappa shape index (κ2) is 5.01. The summed E-state index contributed by atoms with van der Waals surface area (Å²) in [5.74, 6) is -1.43. The number of carboxylic acid groups (broad SMARTS) is 1. The quantitative estimate of drug-likeness (QED) is 0.871. The van der Waals surface area contributed by atoms with Gasteiger partial charge in [0.1, 0.15) is 11.3 Å². The van der Waals surface area contributed by atoms with Crippen LogP contribution in [-0.2, 0) is 0 Å². The van der Waals surface area contributed by atoms with Gasteiger partial charge in [0.05, 0.1) is 18.3 Å². The Morgan fingerprint density at radius 1 is 1.44 bits per heavy atom. The molecular weight excluding hydrogens is 246 g/mol. The zero-order valence-electron chi connectivity index (χ0n) is 9.59. The Morgan fingerprint density at radius 3 is 2.67 bits per heavy atom. The summed E-state index contributed by atoms with van der Waals surface area (Å²) in [6, 6.07) is -0.559. The smallest absolute Gasteiger partial charge is 0.339 e. The molecule has 0 bridgehead atoms. The van der Waals surface area contributed by atoms with Crippen LogP contribution < -0.4 is 0 Å². The van der Waals surface area contributed by atoms with Crippen molar-refractivity contribution in [2.24, 2.45) is 0 Å². The number of nitrogens with zero attached hydrogens (tertiary/aromatic N) is 2. The minimum absolute atomic E-state index is 0.497. The van der Waals surface area contributed by atoms with Gasteiger partial charge in [-0.05, 0) is 12.8 Å². The summed E-state index contributed by atoms with van der Waals surface area (Å²) < 4.78 is 26.9.